The molecule has 0 saturated carbocycles. The van der Waals surface area contributed by atoms with Gasteiger partial charge in [-0.15, -0.1) is 0 Å². The predicted molar refractivity (Wildman–Crippen MR) is 126 cm³/mol. The molecule has 0 aliphatic heterocycles. The second-order valence-electron chi connectivity index (χ2n) is 7.93. The van der Waals surface area contributed by atoms with Gasteiger partial charge in [-0.1, -0.05) is 31.2 Å². The quantitative estimate of drug-likeness (QED) is 0.530. The van der Waals surface area contributed by atoms with Crippen LogP contribution in [0.4, 0.5) is 5.69 Å². The van der Waals surface area contributed by atoms with E-state index in [1.807, 2.05) is 44.2 Å². The maximum atomic E-state index is 12.8. The summed E-state index contributed by atoms with van der Waals surface area (Å²) in [5, 5.41) is 2.88. The fourth-order valence-corrected chi connectivity index (χ4v) is 4.75. The number of nitrogens with zero attached hydrogens (tertiary/aromatic N) is 1. The molecule has 2 aromatic carbocycles. The number of aryl methyl sites for hydroxylation is 3. The van der Waals surface area contributed by atoms with Crippen LogP contribution in [0.5, 0.6) is 5.75 Å². The number of para-hydroxylation sites is 1. The number of ether oxygens (including phenoxy) is 1. The van der Waals surface area contributed by atoms with E-state index in [-0.39, 0.29) is 5.91 Å². The van der Waals surface area contributed by atoms with Gasteiger partial charge in [0, 0.05) is 6.54 Å². The summed E-state index contributed by atoms with van der Waals surface area (Å²) in [6.07, 6.45) is 3.57. The summed E-state index contributed by atoms with van der Waals surface area (Å²) in [4.78, 5) is 12.8. The molecule has 7 heteroatoms. The summed E-state index contributed by atoms with van der Waals surface area (Å²) in [6.45, 7) is 8.62. The lowest BCUT2D eigenvalue weighted by Crippen LogP contribution is -2.48. The molecule has 2 rings (SSSR count). The maximum Gasteiger partial charge on any atom is 0.243 e. The first kappa shape index (κ1) is 24.7. The monoisotopic (exact) mass is 446 g/mol. The summed E-state index contributed by atoms with van der Waals surface area (Å²) in [6, 6.07) is 12.6. The number of hydrogen-bond acceptors (Lipinski definition) is 4. The lowest BCUT2D eigenvalue weighted by molar-refractivity contribution is -0.121. The van der Waals surface area contributed by atoms with E-state index in [4.69, 9.17) is 4.74 Å². The number of amides is 1. The van der Waals surface area contributed by atoms with Crippen LogP contribution in [0.2, 0.25) is 0 Å². The van der Waals surface area contributed by atoms with Gasteiger partial charge in [0.2, 0.25) is 15.9 Å². The van der Waals surface area contributed by atoms with Gasteiger partial charge in [-0.05, 0) is 74.9 Å². The molecule has 0 unspecified atom stereocenters. The molecule has 1 atom stereocenters. The highest BCUT2D eigenvalue weighted by molar-refractivity contribution is 7.92. The standard InChI is InChI=1S/C24H34N2O4S/c1-6-14-30-23-12-8-7-10-21(23)11-9-13-25-24(27)20(4)26(31(5,28)29)22-16-18(2)15-19(3)17-22/h7-8,10,12,15-17,20H,6,9,11,13-14H2,1-5H3,(H,25,27)/t20-/m1/s1. The molecule has 0 aliphatic rings. The van der Waals surface area contributed by atoms with Crippen LogP contribution in [-0.4, -0.2) is 39.8 Å². The second kappa shape index (κ2) is 11.2. The second-order valence-corrected chi connectivity index (χ2v) is 9.79. The van der Waals surface area contributed by atoms with Gasteiger partial charge >= 0.3 is 0 Å². The van der Waals surface area contributed by atoms with E-state index in [2.05, 4.69) is 12.2 Å². The minimum atomic E-state index is -3.63. The van der Waals surface area contributed by atoms with Crippen LogP contribution in [0.15, 0.2) is 42.5 Å². The molecule has 1 N–H and O–H groups in total. The molecule has 1 amide bonds. The Morgan fingerprint density at radius 1 is 1.13 bits per heavy atom. The molecule has 0 aliphatic carbocycles. The van der Waals surface area contributed by atoms with Crippen LogP contribution in [0, 0.1) is 13.8 Å². The van der Waals surface area contributed by atoms with Crippen LogP contribution in [0.3, 0.4) is 0 Å². The van der Waals surface area contributed by atoms with Gasteiger partial charge in [-0.25, -0.2) is 8.42 Å². The summed E-state index contributed by atoms with van der Waals surface area (Å²) in [5.41, 5.74) is 3.50. The van der Waals surface area contributed by atoms with Crippen LogP contribution in [0.1, 0.15) is 43.4 Å². The van der Waals surface area contributed by atoms with Gasteiger partial charge in [0.25, 0.3) is 0 Å². The van der Waals surface area contributed by atoms with Crippen molar-refractivity contribution in [3.05, 3.63) is 59.2 Å². The average molecular weight is 447 g/mol. The van der Waals surface area contributed by atoms with Crippen molar-refractivity contribution in [1.29, 1.82) is 0 Å². The number of nitrogens with one attached hydrogen (secondary N) is 1. The molecule has 0 bridgehead atoms. The summed E-state index contributed by atoms with van der Waals surface area (Å²) in [5.74, 6) is 0.558. The highest BCUT2D eigenvalue weighted by Crippen LogP contribution is 2.24. The Bertz CT molecular complexity index is 969. The number of carbonyl (C=O) groups excluding carboxylic acids is 1. The van der Waals surface area contributed by atoms with Crippen molar-refractivity contribution >= 4 is 21.6 Å². The van der Waals surface area contributed by atoms with Crippen LogP contribution in [0.25, 0.3) is 0 Å². The zero-order chi connectivity index (χ0) is 23.0. The number of hydrogen-bond donors (Lipinski definition) is 1. The number of anilines is 1. The lowest BCUT2D eigenvalue weighted by Gasteiger charge is -2.28. The molecular weight excluding hydrogens is 412 g/mol. The zero-order valence-electron chi connectivity index (χ0n) is 19.1. The highest BCUT2D eigenvalue weighted by atomic mass is 32.2. The molecule has 0 heterocycles. The minimum absolute atomic E-state index is 0.319. The first-order valence-corrected chi connectivity index (χ1v) is 12.5. The summed E-state index contributed by atoms with van der Waals surface area (Å²) < 4.78 is 31.9. The van der Waals surface area contributed by atoms with Crippen LogP contribution < -0.4 is 14.4 Å². The Labute approximate surface area is 186 Å². The Balaban J connectivity index is 2.01. The van der Waals surface area contributed by atoms with Crippen molar-refractivity contribution in [1.82, 2.24) is 5.32 Å². The number of rotatable bonds is 11. The van der Waals surface area contributed by atoms with Crippen molar-refractivity contribution in [2.45, 2.75) is 53.0 Å². The molecule has 6 nitrogen and oxygen atoms in total. The molecule has 170 valence electrons. The third-order valence-corrected chi connectivity index (χ3v) is 6.15. The van der Waals surface area contributed by atoms with Gasteiger partial charge in [-0.2, -0.15) is 0 Å². The Hall–Kier alpha value is -2.54. The lowest BCUT2D eigenvalue weighted by atomic mass is 10.1. The molecule has 0 fully saturated rings. The van der Waals surface area contributed by atoms with Crippen molar-refractivity contribution in [3.63, 3.8) is 0 Å². The third kappa shape index (κ3) is 7.28. The van der Waals surface area contributed by atoms with Crippen LogP contribution >= 0.6 is 0 Å². The first-order valence-electron chi connectivity index (χ1n) is 10.7. The van der Waals surface area contributed by atoms with Crippen LogP contribution in [-0.2, 0) is 21.2 Å². The Morgan fingerprint density at radius 3 is 2.39 bits per heavy atom. The molecule has 0 aromatic heterocycles. The summed E-state index contributed by atoms with van der Waals surface area (Å²) >= 11 is 0. The van der Waals surface area contributed by atoms with Gasteiger partial charge in [-0.3, -0.25) is 9.10 Å². The largest absolute Gasteiger partial charge is 0.493 e. The number of sulfonamides is 1. The van der Waals surface area contributed by atoms with Crippen molar-refractivity contribution in [2.75, 3.05) is 23.7 Å². The molecule has 0 radical (unpaired) electrons. The van der Waals surface area contributed by atoms with E-state index in [0.717, 1.165) is 48.0 Å². The van der Waals surface area contributed by atoms with E-state index >= 15 is 0 Å². The topological polar surface area (TPSA) is 75.7 Å². The van der Waals surface area contributed by atoms with Gasteiger partial charge in [0.05, 0.1) is 18.6 Å². The molecule has 0 spiro atoms. The van der Waals surface area contributed by atoms with Crippen molar-refractivity contribution < 1.29 is 17.9 Å². The van der Waals surface area contributed by atoms with E-state index < -0.39 is 16.1 Å². The fourth-order valence-electron chi connectivity index (χ4n) is 3.59. The normalized spacial score (nSPS) is 12.3. The minimum Gasteiger partial charge on any atom is -0.493 e. The Kier molecular flexibility index (Phi) is 8.92. The SMILES string of the molecule is CCCOc1ccccc1CCCNC(=O)[C@@H](C)N(c1cc(C)cc(C)c1)S(C)(=O)=O. The van der Waals surface area contributed by atoms with Crippen molar-refractivity contribution in [3.8, 4) is 5.75 Å². The van der Waals surface area contributed by atoms with E-state index in [9.17, 15) is 13.2 Å². The average Bonchev–Trinajstić information content (AvgIpc) is 2.68. The van der Waals surface area contributed by atoms with E-state index in [0.29, 0.717) is 18.8 Å². The van der Waals surface area contributed by atoms with E-state index in [1.54, 1.807) is 19.1 Å². The molecule has 0 saturated heterocycles. The van der Waals surface area contributed by atoms with Gasteiger partial charge in [0.15, 0.2) is 0 Å². The highest BCUT2D eigenvalue weighted by Gasteiger charge is 2.29. The van der Waals surface area contributed by atoms with E-state index in [1.165, 1.54) is 4.31 Å². The van der Waals surface area contributed by atoms with Gasteiger partial charge in [0.1, 0.15) is 11.8 Å². The Morgan fingerprint density at radius 2 is 1.77 bits per heavy atom. The van der Waals surface area contributed by atoms with Crippen molar-refractivity contribution in [2.24, 2.45) is 0 Å². The number of carbonyl (C=O) groups is 1. The predicted octanol–water partition coefficient (Wildman–Crippen LogP) is 4.00. The zero-order valence-corrected chi connectivity index (χ0v) is 20.0. The molecule has 2 aromatic rings. The third-order valence-electron chi connectivity index (χ3n) is 4.91. The molecule has 31 heavy (non-hydrogen) atoms. The number of benzene rings is 2. The summed E-state index contributed by atoms with van der Waals surface area (Å²) in [7, 11) is -3.63. The smallest absolute Gasteiger partial charge is 0.243 e. The van der Waals surface area contributed by atoms with Gasteiger partial charge < -0.3 is 10.1 Å². The first-order chi connectivity index (χ1) is 14.6. The molecular formula is C24H34N2O4S. The fraction of sp³-hybridized carbons (Fsp3) is 0.458. The maximum absolute atomic E-state index is 12.8.